The van der Waals surface area contributed by atoms with Gasteiger partial charge in [-0.05, 0) is 0 Å². The molecule has 0 amide bonds. The zero-order chi connectivity index (χ0) is 10.7. The number of rotatable bonds is 3. The summed E-state index contributed by atoms with van der Waals surface area (Å²) in [4.78, 5) is 19.6. The lowest BCUT2D eigenvalue weighted by Crippen LogP contribution is -2.03. The van der Waals surface area contributed by atoms with Gasteiger partial charge in [-0.15, -0.1) is 0 Å². The van der Waals surface area contributed by atoms with Crippen molar-refractivity contribution >= 4 is 11.9 Å². The average molecular weight is 190 g/mol. The lowest BCUT2D eigenvalue weighted by atomic mass is 10.7. The average Bonchev–Trinajstić information content (AvgIpc) is 2.01. The van der Waals surface area contributed by atoms with Gasteiger partial charge in [0.2, 0.25) is 0 Å². The third kappa shape index (κ3) is 25.0. The van der Waals surface area contributed by atoms with Crippen molar-refractivity contribution in [2.45, 2.75) is 13.8 Å². The van der Waals surface area contributed by atoms with Crippen LogP contribution in [0.25, 0.3) is 0 Å². The lowest BCUT2D eigenvalue weighted by Gasteiger charge is -1.93. The standard InChI is InChI=1S/C4H8O3.C4H6O2/c1-4(6)7-3-2-5;1-3-6-4(2)5/h5H,2-3H2,1H3;3H,1H2,2H3. The molecule has 0 aliphatic carbocycles. The molecule has 76 valence electrons. The molecule has 0 aliphatic heterocycles. The zero-order valence-corrected chi connectivity index (χ0v) is 7.78. The van der Waals surface area contributed by atoms with Crippen LogP contribution in [-0.2, 0) is 19.1 Å². The molecule has 5 nitrogen and oxygen atoms in total. The molecule has 0 heterocycles. The first-order chi connectivity index (χ1) is 6.04. The Balaban J connectivity index is 0. The highest BCUT2D eigenvalue weighted by Crippen LogP contribution is 1.71. The number of ether oxygens (including phenoxy) is 2. The predicted molar refractivity (Wildman–Crippen MR) is 45.7 cm³/mol. The van der Waals surface area contributed by atoms with Gasteiger partial charge in [0.15, 0.2) is 0 Å². The van der Waals surface area contributed by atoms with Crippen molar-refractivity contribution in [2.75, 3.05) is 13.2 Å². The SMILES string of the molecule is C=COC(C)=O.CC(=O)OCCO. The van der Waals surface area contributed by atoms with Crippen LogP contribution in [0.2, 0.25) is 0 Å². The molecule has 0 aliphatic rings. The molecule has 1 N–H and O–H groups in total. The van der Waals surface area contributed by atoms with Crippen molar-refractivity contribution in [3.63, 3.8) is 0 Å². The highest BCUT2D eigenvalue weighted by Gasteiger charge is 1.86. The molecule has 0 spiro atoms. The molecular weight excluding hydrogens is 176 g/mol. The quantitative estimate of drug-likeness (QED) is 0.509. The van der Waals surface area contributed by atoms with Crippen LogP contribution >= 0.6 is 0 Å². The van der Waals surface area contributed by atoms with Crippen molar-refractivity contribution < 1.29 is 24.2 Å². The molecule has 13 heavy (non-hydrogen) atoms. The second-order valence-corrected chi connectivity index (χ2v) is 1.84. The Kier molecular flexibility index (Phi) is 11.6. The topological polar surface area (TPSA) is 72.8 Å². The Labute approximate surface area is 77.0 Å². The summed E-state index contributed by atoms with van der Waals surface area (Å²) in [5, 5.41) is 8.04. The number of hydrogen-bond donors (Lipinski definition) is 1. The summed E-state index contributed by atoms with van der Waals surface area (Å²) < 4.78 is 8.47. The van der Waals surface area contributed by atoms with E-state index in [0.717, 1.165) is 6.26 Å². The van der Waals surface area contributed by atoms with E-state index in [2.05, 4.69) is 16.1 Å². The minimum Gasteiger partial charge on any atom is -0.463 e. The first-order valence-corrected chi connectivity index (χ1v) is 3.57. The van der Waals surface area contributed by atoms with E-state index in [9.17, 15) is 9.59 Å². The van der Waals surface area contributed by atoms with Gasteiger partial charge >= 0.3 is 11.9 Å². The van der Waals surface area contributed by atoms with Gasteiger partial charge in [0.25, 0.3) is 0 Å². The third-order valence-corrected chi connectivity index (χ3v) is 0.646. The lowest BCUT2D eigenvalue weighted by molar-refractivity contribution is -0.142. The Morgan fingerprint density at radius 1 is 1.38 bits per heavy atom. The van der Waals surface area contributed by atoms with E-state index < -0.39 is 0 Å². The normalized spacial score (nSPS) is 7.62. The molecule has 0 rings (SSSR count). The zero-order valence-electron chi connectivity index (χ0n) is 7.78. The maximum atomic E-state index is 9.87. The van der Waals surface area contributed by atoms with Gasteiger partial charge < -0.3 is 14.6 Å². The number of esters is 2. The molecule has 5 heteroatoms. The van der Waals surface area contributed by atoms with Crippen LogP contribution in [0, 0.1) is 0 Å². The van der Waals surface area contributed by atoms with E-state index in [1.54, 1.807) is 0 Å². The Morgan fingerprint density at radius 2 is 1.92 bits per heavy atom. The molecular formula is C8H14O5. The summed E-state index contributed by atoms with van der Waals surface area (Å²) in [7, 11) is 0. The van der Waals surface area contributed by atoms with Crippen molar-refractivity contribution in [3.8, 4) is 0 Å². The van der Waals surface area contributed by atoms with Crippen LogP contribution in [0.15, 0.2) is 12.8 Å². The van der Waals surface area contributed by atoms with Crippen molar-refractivity contribution in [1.82, 2.24) is 0 Å². The Bertz CT molecular complexity index is 164. The summed E-state index contributed by atoms with van der Waals surface area (Å²) in [5.74, 6) is -0.681. The largest absolute Gasteiger partial charge is 0.463 e. The summed E-state index contributed by atoms with van der Waals surface area (Å²) in [6.45, 7) is 5.79. The molecule has 0 saturated heterocycles. The fourth-order valence-electron chi connectivity index (χ4n) is 0.307. The maximum Gasteiger partial charge on any atom is 0.307 e. The molecule has 0 aromatic carbocycles. The molecule has 0 atom stereocenters. The minimum absolute atomic E-state index is 0.0976. The summed E-state index contributed by atoms with van der Waals surface area (Å²) >= 11 is 0. The number of hydrogen-bond acceptors (Lipinski definition) is 5. The van der Waals surface area contributed by atoms with E-state index in [4.69, 9.17) is 5.11 Å². The molecule has 0 aromatic rings. The van der Waals surface area contributed by atoms with E-state index in [1.807, 2.05) is 0 Å². The van der Waals surface area contributed by atoms with Gasteiger partial charge in [-0.2, -0.15) is 0 Å². The molecule has 0 radical (unpaired) electrons. The minimum atomic E-state index is -0.353. The van der Waals surface area contributed by atoms with Crippen LogP contribution < -0.4 is 0 Å². The van der Waals surface area contributed by atoms with E-state index >= 15 is 0 Å². The van der Waals surface area contributed by atoms with E-state index in [-0.39, 0.29) is 25.2 Å². The number of carbonyl (C=O) groups excluding carboxylic acids is 2. The number of aliphatic hydroxyl groups excluding tert-OH is 1. The Morgan fingerprint density at radius 3 is 2.00 bits per heavy atom. The van der Waals surface area contributed by atoms with Gasteiger partial charge in [-0.1, -0.05) is 6.58 Å². The second-order valence-electron chi connectivity index (χ2n) is 1.84. The monoisotopic (exact) mass is 190 g/mol. The molecule has 0 unspecified atom stereocenters. The Hall–Kier alpha value is -1.36. The van der Waals surface area contributed by atoms with Crippen LogP contribution in [0.4, 0.5) is 0 Å². The highest BCUT2D eigenvalue weighted by atomic mass is 16.5. The summed E-state index contributed by atoms with van der Waals surface area (Å²) in [5.41, 5.74) is 0. The maximum absolute atomic E-state index is 9.87. The first kappa shape index (κ1) is 14.2. The first-order valence-electron chi connectivity index (χ1n) is 3.57. The van der Waals surface area contributed by atoms with Gasteiger partial charge in [0.05, 0.1) is 12.9 Å². The van der Waals surface area contributed by atoms with Gasteiger partial charge in [-0.3, -0.25) is 9.59 Å². The fraction of sp³-hybridized carbons (Fsp3) is 0.500. The van der Waals surface area contributed by atoms with Crippen LogP contribution in [0.5, 0.6) is 0 Å². The highest BCUT2D eigenvalue weighted by molar-refractivity contribution is 5.66. The summed E-state index contributed by atoms with van der Waals surface area (Å²) in [6, 6.07) is 0. The molecule has 0 aromatic heterocycles. The number of carbonyl (C=O) groups is 2. The second kappa shape index (κ2) is 10.6. The van der Waals surface area contributed by atoms with Gasteiger partial charge in [0.1, 0.15) is 6.61 Å². The van der Waals surface area contributed by atoms with E-state index in [1.165, 1.54) is 13.8 Å². The van der Waals surface area contributed by atoms with Crippen molar-refractivity contribution in [3.05, 3.63) is 12.8 Å². The van der Waals surface area contributed by atoms with Crippen LogP contribution in [-0.4, -0.2) is 30.3 Å². The van der Waals surface area contributed by atoms with Crippen LogP contribution in [0.1, 0.15) is 13.8 Å². The van der Waals surface area contributed by atoms with Crippen molar-refractivity contribution in [2.24, 2.45) is 0 Å². The molecule has 0 bridgehead atoms. The van der Waals surface area contributed by atoms with Crippen LogP contribution in [0.3, 0.4) is 0 Å². The van der Waals surface area contributed by atoms with Gasteiger partial charge in [0, 0.05) is 13.8 Å². The fourth-order valence-corrected chi connectivity index (χ4v) is 0.307. The third-order valence-electron chi connectivity index (χ3n) is 0.646. The molecule has 0 saturated carbocycles. The number of aliphatic hydroxyl groups is 1. The van der Waals surface area contributed by atoms with Gasteiger partial charge in [-0.25, -0.2) is 0 Å². The van der Waals surface area contributed by atoms with Crippen molar-refractivity contribution in [1.29, 1.82) is 0 Å². The molecule has 0 fully saturated rings. The van der Waals surface area contributed by atoms with E-state index in [0.29, 0.717) is 0 Å². The summed E-state index contributed by atoms with van der Waals surface area (Å²) in [6.07, 6.45) is 1.10. The predicted octanol–water partition coefficient (Wildman–Crippen LogP) is 0.235. The smallest absolute Gasteiger partial charge is 0.307 e.